The standard InChI is InChI=1S/C66H111N3O49/c1-14-30(80)39(89)45(95)61(101-14)117-55-41(91)32(82)19(6-70)105-65(55)113-50-23(10-74)107-58(27(36(50)86)67-16(3)77)100-13-26-35(85)54(116-60-29(69-18(5)79)38(88)51(25(12-76)109-60)114-66-56(42(92)33(83)20(7-71)106-66)118-62-46(96)40(90)31(81)15(2)102-62)48(98)64(110-26)111-49-24(11-75)108-59(28(37(49)87)68-17(4)78)115-53-34(84)21(8-72)104-63(47(53)97)112-52-22(9-73)103-57(99)44(94)43(52)93/h14-15,19-66,70-76,80-99H,6-13H2,1-5H3,(H,67,77)(H,68,78)(H,69,79)/t14-,15-,19-,20-,21-,22-,23-,24-,25-,26-,27-,28-,29-,30+,31+,32+,33+,34+,35+,36-,37-,38-,39+,40+,41+,42+,43-,44-,45-,46-,47-,48-,49-,50-,51-,52-,53+,54+,55-,56-,57?,58-,59+,60+,61-,62-,63+,64+,65+,66+/m1/s1. The molecule has 10 fully saturated rings. The van der Waals surface area contributed by atoms with Gasteiger partial charge in [0.15, 0.2) is 62.9 Å². The summed E-state index contributed by atoms with van der Waals surface area (Å²) in [4.78, 5) is 39.5. The van der Waals surface area contributed by atoms with Gasteiger partial charge >= 0.3 is 0 Å². The fourth-order valence-corrected chi connectivity index (χ4v) is 15.4. The van der Waals surface area contributed by atoms with Gasteiger partial charge in [-0.15, -0.1) is 0 Å². The SMILES string of the molecule is CC(=O)N[C@H]1[C@H](O[C@H]2[C@@H](O)[C@@H](CO)O[C@@H](O[C@H]3[C@H](O)[C@@H](O)C(O)O[C@@H]3CO)[C@@H]2O)O[C@H](CO)[C@@H](O[C@@H]2O[C@H](CO[C@@H]3O[C@H](CO)[C@@H](O[C@@H]4O[C@H](CO)[C@H](O)[C@H](O)[C@H]4O[C@H]4O[C@H](C)[C@H](O)[C@H](O)[C@H]4O)[C@H](O)[C@H]3NC(C)=O)[C@H](O)[C@H](O[C@@H]3O[C@H](CO)[C@@H](O[C@@H]4O[C@H](CO)[C@H](O)[C@H](O)[C@H]4O[C@H]4O[C@H](C)[C@H](O)[C@H](O)[C@H]4O)[C@H](O)[C@H]3NC(C)=O)[C@H]2O)[C@@H]1O. The van der Waals surface area contributed by atoms with Gasteiger partial charge in [0.2, 0.25) is 17.7 Å². The molecule has 3 amide bonds. The number of carbonyl (C=O) groups excluding carboxylic acids is 3. The topological polar surface area (TPSA) is 809 Å². The Morgan fingerprint density at radius 2 is 0.500 bits per heavy atom. The first-order valence-corrected chi connectivity index (χ1v) is 37.9. The van der Waals surface area contributed by atoms with Crippen LogP contribution in [0, 0.1) is 0 Å². The minimum absolute atomic E-state index is 0.913. The summed E-state index contributed by atoms with van der Waals surface area (Å²) in [5, 5.41) is 307. The molecule has 30 N–H and O–H groups in total. The molecule has 0 spiro atoms. The third kappa shape index (κ3) is 20.8. The maximum atomic E-state index is 13.2. The Morgan fingerprint density at radius 1 is 0.237 bits per heavy atom. The summed E-state index contributed by atoms with van der Waals surface area (Å²) in [5.41, 5.74) is 0. The molecular weight excluding hydrogens is 1620 g/mol. The Hall–Kier alpha value is -3.43. The number of aliphatic hydroxyl groups is 27. The van der Waals surface area contributed by atoms with E-state index in [0.29, 0.717) is 0 Å². The minimum Gasteiger partial charge on any atom is -0.394 e. The molecule has 52 nitrogen and oxygen atoms in total. The second-order valence-corrected chi connectivity index (χ2v) is 30.2. The van der Waals surface area contributed by atoms with Crippen LogP contribution in [-0.4, -0.2) is 515 Å². The zero-order valence-corrected chi connectivity index (χ0v) is 63.6. The number of rotatable bonds is 29. The van der Waals surface area contributed by atoms with Gasteiger partial charge in [-0.2, -0.15) is 0 Å². The largest absolute Gasteiger partial charge is 0.394 e. The molecule has 0 aromatic heterocycles. The second kappa shape index (κ2) is 41.8. The molecule has 10 aliphatic heterocycles. The summed E-state index contributed by atoms with van der Waals surface area (Å²) in [6.45, 7) is -3.58. The molecule has 10 aliphatic rings. The van der Waals surface area contributed by atoms with Gasteiger partial charge in [0.25, 0.3) is 0 Å². The van der Waals surface area contributed by atoms with Gasteiger partial charge in [-0.05, 0) is 13.8 Å². The zero-order chi connectivity index (χ0) is 86.8. The van der Waals surface area contributed by atoms with Gasteiger partial charge in [-0.3, -0.25) is 14.4 Å². The Labute approximate surface area is 668 Å². The molecule has 10 saturated heterocycles. The van der Waals surface area contributed by atoms with Crippen LogP contribution in [0.15, 0.2) is 0 Å². The van der Waals surface area contributed by atoms with Crippen molar-refractivity contribution in [3.63, 3.8) is 0 Å². The van der Waals surface area contributed by atoms with Crippen LogP contribution in [0.2, 0.25) is 0 Å². The summed E-state index contributed by atoms with van der Waals surface area (Å²) >= 11 is 0. The van der Waals surface area contributed by atoms with Crippen LogP contribution in [0.4, 0.5) is 0 Å². The molecule has 1 unspecified atom stereocenters. The van der Waals surface area contributed by atoms with E-state index >= 15 is 0 Å². The number of aliphatic hydroxyl groups excluding tert-OH is 27. The lowest BCUT2D eigenvalue weighted by Crippen LogP contribution is -2.71. The molecule has 0 saturated carbocycles. The van der Waals surface area contributed by atoms with Crippen molar-refractivity contribution in [3.05, 3.63) is 0 Å². The van der Waals surface area contributed by atoms with Gasteiger partial charge in [0.05, 0.1) is 65.1 Å². The highest BCUT2D eigenvalue weighted by Gasteiger charge is 2.62. The predicted molar refractivity (Wildman–Crippen MR) is 362 cm³/mol. The van der Waals surface area contributed by atoms with Crippen LogP contribution < -0.4 is 16.0 Å². The van der Waals surface area contributed by atoms with E-state index in [1.165, 1.54) is 13.8 Å². The number of nitrogens with one attached hydrogen (secondary N) is 3. The Morgan fingerprint density at radius 3 is 0.864 bits per heavy atom. The first-order valence-electron chi connectivity index (χ1n) is 37.9. The highest BCUT2D eigenvalue weighted by molar-refractivity contribution is 5.74. The molecule has 10 heterocycles. The van der Waals surface area contributed by atoms with Crippen LogP contribution in [-0.2, 0) is 104 Å². The molecule has 50 atom stereocenters. The number of ether oxygens (including phenoxy) is 19. The summed E-state index contributed by atoms with van der Waals surface area (Å²) < 4.78 is 112. The molecule has 0 aromatic rings. The number of hydrogen-bond acceptors (Lipinski definition) is 49. The van der Waals surface area contributed by atoms with Crippen molar-refractivity contribution in [3.8, 4) is 0 Å². The van der Waals surface area contributed by atoms with Gasteiger partial charge in [-0.1, -0.05) is 0 Å². The monoisotopic (exact) mass is 1730 g/mol. The lowest BCUT2D eigenvalue weighted by Gasteiger charge is -2.51. The molecule has 52 heteroatoms. The van der Waals surface area contributed by atoms with Gasteiger partial charge in [0, 0.05) is 20.8 Å². The summed E-state index contributed by atoms with van der Waals surface area (Å²) in [5.74, 6) is -2.94. The van der Waals surface area contributed by atoms with E-state index in [0.717, 1.165) is 20.8 Å². The average molecular weight is 1730 g/mol. The molecule has 0 bridgehead atoms. The van der Waals surface area contributed by atoms with E-state index in [1.54, 1.807) is 0 Å². The number of amides is 3. The third-order valence-corrected chi connectivity index (χ3v) is 22.0. The van der Waals surface area contributed by atoms with Crippen molar-refractivity contribution in [2.45, 2.75) is 341 Å². The van der Waals surface area contributed by atoms with E-state index in [9.17, 15) is 152 Å². The van der Waals surface area contributed by atoms with Crippen molar-refractivity contribution in [1.82, 2.24) is 16.0 Å². The molecular formula is C66H111N3O49. The van der Waals surface area contributed by atoms with E-state index in [2.05, 4.69) is 16.0 Å². The smallest absolute Gasteiger partial charge is 0.217 e. The zero-order valence-electron chi connectivity index (χ0n) is 63.6. The average Bonchev–Trinajstić information content (AvgIpc) is 0.768. The first kappa shape index (κ1) is 96.8. The van der Waals surface area contributed by atoms with Crippen LogP contribution >= 0.6 is 0 Å². The summed E-state index contributed by atoms with van der Waals surface area (Å²) in [6, 6.07) is -5.97. The van der Waals surface area contributed by atoms with Crippen molar-refractivity contribution in [2.75, 3.05) is 52.9 Å². The normalized spacial score (nSPS) is 51.1. The minimum atomic E-state index is -2.55. The van der Waals surface area contributed by atoms with Gasteiger partial charge < -0.3 is 244 Å². The Kier molecular flexibility index (Phi) is 34.3. The maximum absolute atomic E-state index is 13.2. The third-order valence-electron chi connectivity index (χ3n) is 22.0. The van der Waals surface area contributed by atoms with Crippen LogP contribution in [0.5, 0.6) is 0 Å². The van der Waals surface area contributed by atoms with Crippen molar-refractivity contribution in [1.29, 1.82) is 0 Å². The molecule has 10 rings (SSSR count). The van der Waals surface area contributed by atoms with E-state index in [4.69, 9.17) is 90.0 Å². The van der Waals surface area contributed by atoms with Crippen molar-refractivity contribution in [2.24, 2.45) is 0 Å². The summed E-state index contributed by atoms with van der Waals surface area (Å²) in [6.07, 6.45) is -95.0. The second-order valence-electron chi connectivity index (χ2n) is 30.2. The predicted octanol–water partition coefficient (Wildman–Crippen LogP) is -20.3. The van der Waals surface area contributed by atoms with Gasteiger partial charge in [-0.25, -0.2) is 0 Å². The number of carbonyl (C=O) groups is 3. The highest BCUT2D eigenvalue weighted by atomic mass is 16.8. The van der Waals surface area contributed by atoms with Crippen molar-refractivity contribution < 1.29 is 242 Å². The quantitative estimate of drug-likeness (QED) is 0.0331. The molecule has 0 aromatic carbocycles. The summed E-state index contributed by atoms with van der Waals surface area (Å²) in [7, 11) is 0. The first-order chi connectivity index (χ1) is 55.8. The fraction of sp³-hybridized carbons (Fsp3) is 0.955. The Balaban J connectivity index is 0.954. The number of hydrogen-bond donors (Lipinski definition) is 30. The lowest BCUT2D eigenvalue weighted by molar-refractivity contribution is -0.394. The van der Waals surface area contributed by atoms with Crippen LogP contribution in [0.3, 0.4) is 0 Å². The lowest BCUT2D eigenvalue weighted by atomic mass is 9.93. The van der Waals surface area contributed by atoms with E-state index in [1.807, 2.05) is 0 Å². The molecule has 118 heavy (non-hydrogen) atoms. The molecule has 0 aliphatic carbocycles. The van der Waals surface area contributed by atoms with E-state index in [-0.39, 0.29) is 0 Å². The molecule has 684 valence electrons. The van der Waals surface area contributed by atoms with Gasteiger partial charge in [0.1, 0.15) is 232 Å². The fourth-order valence-electron chi connectivity index (χ4n) is 15.4. The highest BCUT2D eigenvalue weighted by Crippen LogP contribution is 2.41. The van der Waals surface area contributed by atoms with Crippen LogP contribution in [0.25, 0.3) is 0 Å². The molecule has 0 radical (unpaired) electrons. The maximum Gasteiger partial charge on any atom is 0.217 e. The Bertz CT molecular complexity index is 3140. The van der Waals surface area contributed by atoms with Crippen LogP contribution in [0.1, 0.15) is 34.6 Å². The van der Waals surface area contributed by atoms with E-state index < -0.39 is 377 Å². The van der Waals surface area contributed by atoms with Crippen molar-refractivity contribution >= 4 is 17.7 Å².